The zero-order valence-electron chi connectivity index (χ0n) is 21.9. The highest BCUT2D eigenvalue weighted by Gasteiger charge is 2.26. The Morgan fingerprint density at radius 1 is 0.975 bits per heavy atom. The lowest BCUT2D eigenvalue weighted by molar-refractivity contribution is 0.602. The van der Waals surface area contributed by atoms with E-state index in [4.69, 9.17) is 0 Å². The topological polar surface area (TPSA) is 117 Å². The Morgan fingerprint density at radius 2 is 1.65 bits per heavy atom. The van der Waals surface area contributed by atoms with Crippen LogP contribution in [0.3, 0.4) is 0 Å². The van der Waals surface area contributed by atoms with Crippen LogP contribution in [0.4, 0.5) is 10.2 Å². The van der Waals surface area contributed by atoms with E-state index in [9.17, 15) is 22.9 Å². The molecule has 40 heavy (non-hydrogen) atoms. The molecular weight excluding hydrogens is 529 g/mol. The van der Waals surface area contributed by atoms with Crippen molar-refractivity contribution in [1.29, 1.82) is 5.26 Å². The SMILES string of the molecule is Cc1ncnc(N[C@@H](C)c2c(-c3ccccc3)c(=O)n3cc(F)ccc3c2-c2ccc(S(C)(=O)=O)cc2)c1C#N. The predicted octanol–water partition coefficient (Wildman–Crippen LogP) is 5.32. The third-order valence-corrected chi connectivity index (χ3v) is 7.84. The molecule has 5 rings (SSSR count). The van der Waals surface area contributed by atoms with Gasteiger partial charge in [0.25, 0.3) is 5.56 Å². The first-order chi connectivity index (χ1) is 19.1. The van der Waals surface area contributed by atoms with E-state index in [1.165, 1.54) is 35.0 Å². The number of anilines is 1. The number of nitriles is 1. The number of nitrogens with zero attached hydrogens (tertiary/aromatic N) is 4. The van der Waals surface area contributed by atoms with Gasteiger partial charge < -0.3 is 5.32 Å². The van der Waals surface area contributed by atoms with Crippen LogP contribution in [0.2, 0.25) is 0 Å². The second-order valence-corrected chi connectivity index (χ2v) is 11.4. The van der Waals surface area contributed by atoms with Gasteiger partial charge in [-0.25, -0.2) is 22.8 Å². The summed E-state index contributed by atoms with van der Waals surface area (Å²) in [5, 5.41) is 13.0. The summed E-state index contributed by atoms with van der Waals surface area (Å²) in [6, 6.07) is 19.7. The van der Waals surface area contributed by atoms with Gasteiger partial charge in [0.1, 0.15) is 29.6 Å². The number of benzene rings is 2. The maximum absolute atomic E-state index is 14.5. The molecule has 0 fully saturated rings. The van der Waals surface area contributed by atoms with Gasteiger partial charge >= 0.3 is 0 Å². The van der Waals surface area contributed by atoms with Crippen LogP contribution in [0, 0.1) is 24.1 Å². The van der Waals surface area contributed by atoms with Crippen molar-refractivity contribution >= 4 is 21.2 Å². The highest BCUT2D eigenvalue weighted by atomic mass is 32.2. The molecule has 2 aromatic carbocycles. The van der Waals surface area contributed by atoms with E-state index in [1.807, 2.05) is 13.0 Å². The Morgan fingerprint density at radius 3 is 2.30 bits per heavy atom. The smallest absolute Gasteiger partial charge is 0.263 e. The summed E-state index contributed by atoms with van der Waals surface area (Å²) in [6.45, 7) is 3.55. The normalized spacial score (nSPS) is 12.2. The van der Waals surface area contributed by atoms with E-state index >= 15 is 0 Å². The lowest BCUT2D eigenvalue weighted by Gasteiger charge is -2.25. The number of aryl methyl sites for hydroxylation is 1. The molecule has 1 atom stereocenters. The average Bonchev–Trinajstić information content (AvgIpc) is 2.93. The molecule has 10 heteroatoms. The second-order valence-electron chi connectivity index (χ2n) is 9.39. The quantitative estimate of drug-likeness (QED) is 0.302. The van der Waals surface area contributed by atoms with Crippen molar-refractivity contribution in [2.24, 2.45) is 0 Å². The molecule has 0 aliphatic rings. The first-order valence-corrected chi connectivity index (χ1v) is 14.2. The zero-order valence-corrected chi connectivity index (χ0v) is 22.7. The van der Waals surface area contributed by atoms with Crippen molar-refractivity contribution in [3.05, 3.63) is 112 Å². The molecule has 3 aromatic heterocycles. The number of pyridine rings is 2. The Labute approximate surface area is 230 Å². The van der Waals surface area contributed by atoms with Crippen LogP contribution in [0.5, 0.6) is 0 Å². The first-order valence-electron chi connectivity index (χ1n) is 12.3. The number of fused-ring (bicyclic) bond motifs is 1. The monoisotopic (exact) mass is 553 g/mol. The number of hydrogen-bond acceptors (Lipinski definition) is 7. The van der Waals surface area contributed by atoms with E-state index in [0.717, 1.165) is 12.5 Å². The summed E-state index contributed by atoms with van der Waals surface area (Å²) in [7, 11) is -3.45. The third-order valence-electron chi connectivity index (χ3n) is 6.71. The van der Waals surface area contributed by atoms with Crippen LogP contribution in [0.25, 0.3) is 27.8 Å². The molecule has 1 N–H and O–H groups in total. The fourth-order valence-corrected chi connectivity index (χ4v) is 5.46. The van der Waals surface area contributed by atoms with E-state index < -0.39 is 27.3 Å². The summed E-state index contributed by atoms with van der Waals surface area (Å²) in [5.41, 5.74) is 3.52. The molecule has 0 saturated carbocycles. The van der Waals surface area contributed by atoms with Crippen LogP contribution < -0.4 is 10.9 Å². The van der Waals surface area contributed by atoms with E-state index in [1.54, 1.807) is 43.3 Å². The molecule has 200 valence electrons. The van der Waals surface area contributed by atoms with Crippen molar-refractivity contribution < 1.29 is 12.8 Å². The fraction of sp³-hybridized carbons (Fsp3) is 0.133. The Hall–Kier alpha value is -4.88. The number of hydrogen-bond donors (Lipinski definition) is 1. The summed E-state index contributed by atoms with van der Waals surface area (Å²) in [5.74, 6) is -0.278. The molecule has 5 aromatic rings. The van der Waals surface area contributed by atoms with Crippen LogP contribution in [-0.4, -0.2) is 29.0 Å². The third kappa shape index (κ3) is 4.83. The maximum Gasteiger partial charge on any atom is 0.263 e. The molecule has 0 saturated heterocycles. The van der Waals surface area contributed by atoms with Crippen LogP contribution in [-0.2, 0) is 9.84 Å². The maximum atomic E-state index is 14.5. The lowest BCUT2D eigenvalue weighted by atomic mass is 9.88. The summed E-state index contributed by atoms with van der Waals surface area (Å²) in [4.78, 5) is 22.5. The van der Waals surface area contributed by atoms with Gasteiger partial charge in [-0.15, -0.1) is 0 Å². The van der Waals surface area contributed by atoms with Crippen molar-refractivity contribution in [3.8, 4) is 28.3 Å². The van der Waals surface area contributed by atoms with Gasteiger partial charge in [-0.1, -0.05) is 42.5 Å². The molecule has 0 aliphatic heterocycles. The molecule has 0 bridgehead atoms. The average molecular weight is 554 g/mol. The molecule has 0 radical (unpaired) electrons. The van der Waals surface area contributed by atoms with Crippen LogP contribution in [0.15, 0.2) is 88.9 Å². The fourth-order valence-electron chi connectivity index (χ4n) is 4.83. The van der Waals surface area contributed by atoms with Gasteiger partial charge in [0.05, 0.1) is 27.7 Å². The van der Waals surface area contributed by atoms with Crippen molar-refractivity contribution in [2.75, 3.05) is 11.6 Å². The van der Waals surface area contributed by atoms with Gasteiger partial charge in [0.2, 0.25) is 0 Å². The number of halogens is 1. The minimum atomic E-state index is -3.45. The van der Waals surface area contributed by atoms with Gasteiger partial charge in [0.15, 0.2) is 9.84 Å². The minimum Gasteiger partial charge on any atom is -0.362 e. The predicted molar refractivity (Wildman–Crippen MR) is 151 cm³/mol. The highest BCUT2D eigenvalue weighted by molar-refractivity contribution is 7.90. The van der Waals surface area contributed by atoms with Crippen molar-refractivity contribution in [2.45, 2.75) is 24.8 Å². The number of aromatic nitrogens is 3. The standard InChI is InChI=1S/C30H24FN5O3S/c1-18-24(15-32)29(34-17-33-18)35-19(2)26-27(21-9-12-23(13-10-21)40(3,38)39)25-14-11-22(31)16-36(25)30(37)28(26)20-7-5-4-6-8-20/h4-14,16-17,19H,1-3H3,(H,33,34,35)/t19-/m0/s1. The summed E-state index contributed by atoms with van der Waals surface area (Å²) >= 11 is 0. The summed E-state index contributed by atoms with van der Waals surface area (Å²) < 4.78 is 40.0. The Balaban J connectivity index is 1.88. The zero-order chi connectivity index (χ0) is 28.6. The Kier molecular flexibility index (Phi) is 6.92. The molecule has 3 heterocycles. The highest BCUT2D eigenvalue weighted by Crippen LogP contribution is 2.39. The summed E-state index contributed by atoms with van der Waals surface area (Å²) in [6.07, 6.45) is 3.62. The molecule has 0 amide bonds. The lowest BCUT2D eigenvalue weighted by Crippen LogP contribution is -2.23. The van der Waals surface area contributed by atoms with E-state index in [0.29, 0.717) is 44.8 Å². The largest absolute Gasteiger partial charge is 0.362 e. The second kappa shape index (κ2) is 10.4. The van der Waals surface area contributed by atoms with Gasteiger partial charge in [0, 0.05) is 18.0 Å². The van der Waals surface area contributed by atoms with Crippen LogP contribution >= 0.6 is 0 Å². The van der Waals surface area contributed by atoms with Gasteiger partial charge in [-0.3, -0.25) is 9.20 Å². The van der Waals surface area contributed by atoms with Gasteiger partial charge in [-0.2, -0.15) is 5.26 Å². The van der Waals surface area contributed by atoms with Crippen molar-refractivity contribution in [3.63, 3.8) is 0 Å². The molecule has 8 nitrogen and oxygen atoms in total. The number of rotatable bonds is 6. The van der Waals surface area contributed by atoms with Gasteiger partial charge in [-0.05, 0) is 54.8 Å². The minimum absolute atomic E-state index is 0.144. The first kappa shape index (κ1) is 26.7. The number of nitrogens with one attached hydrogen (secondary N) is 1. The van der Waals surface area contributed by atoms with E-state index in [2.05, 4.69) is 21.4 Å². The number of sulfone groups is 1. The van der Waals surface area contributed by atoms with Crippen LogP contribution in [0.1, 0.15) is 29.8 Å². The van der Waals surface area contributed by atoms with Crippen molar-refractivity contribution in [1.82, 2.24) is 14.4 Å². The molecule has 0 unspecified atom stereocenters. The Bertz CT molecular complexity index is 1970. The molecule has 0 aliphatic carbocycles. The molecular formula is C30H24FN5O3S. The molecule has 0 spiro atoms. The van der Waals surface area contributed by atoms with E-state index in [-0.39, 0.29) is 10.5 Å².